The maximum atomic E-state index is 12.9. The van der Waals surface area contributed by atoms with E-state index in [2.05, 4.69) is 34.6 Å². The first-order valence-corrected chi connectivity index (χ1v) is 11.9. The maximum Gasteiger partial charge on any atom is 0.327 e. The molecular formula is C31H25N3O3. The first-order chi connectivity index (χ1) is 18.1. The van der Waals surface area contributed by atoms with E-state index in [-0.39, 0.29) is 11.5 Å². The van der Waals surface area contributed by atoms with Gasteiger partial charge in [0.25, 0.3) is 5.91 Å². The second-order valence-electron chi connectivity index (χ2n) is 8.46. The van der Waals surface area contributed by atoms with Crippen molar-refractivity contribution in [2.75, 3.05) is 9.91 Å². The van der Waals surface area contributed by atoms with Gasteiger partial charge in [0.05, 0.1) is 5.69 Å². The summed E-state index contributed by atoms with van der Waals surface area (Å²) in [6, 6.07) is 36.1. The highest BCUT2D eigenvalue weighted by molar-refractivity contribution is 6.12. The second-order valence-corrected chi connectivity index (χ2v) is 8.46. The van der Waals surface area contributed by atoms with Gasteiger partial charge in [-0.2, -0.15) is 0 Å². The van der Waals surface area contributed by atoms with Crippen LogP contribution in [0.3, 0.4) is 0 Å². The van der Waals surface area contributed by atoms with Crippen LogP contribution in [0.15, 0.2) is 133 Å². The van der Waals surface area contributed by atoms with Gasteiger partial charge in [0.15, 0.2) is 6.04 Å². The molecule has 37 heavy (non-hydrogen) atoms. The van der Waals surface area contributed by atoms with E-state index in [4.69, 9.17) is 0 Å². The molecule has 0 saturated carbocycles. The number of nitrogens with zero attached hydrogens (tertiary/aromatic N) is 2. The number of carboxylic acid groups (broad SMARTS) is 1. The number of hydrazine groups is 1. The predicted molar refractivity (Wildman–Crippen MR) is 147 cm³/mol. The average Bonchev–Trinajstić information content (AvgIpc) is 3.28. The van der Waals surface area contributed by atoms with E-state index in [9.17, 15) is 14.7 Å². The molecule has 1 amide bonds. The van der Waals surface area contributed by atoms with E-state index in [1.54, 1.807) is 36.4 Å². The topological polar surface area (TPSA) is 72.9 Å². The molecular weight excluding hydrogens is 462 g/mol. The zero-order chi connectivity index (χ0) is 25.6. The van der Waals surface area contributed by atoms with Crippen molar-refractivity contribution in [2.45, 2.75) is 6.04 Å². The summed E-state index contributed by atoms with van der Waals surface area (Å²) in [5, 5.41) is 10.9. The Morgan fingerprint density at radius 3 is 1.81 bits per heavy atom. The number of hydrogen-bond donors (Lipinski definition) is 2. The first kappa shape index (κ1) is 23.8. The SMILES string of the molecule is O=C(O)C1NN(c2ccccc2)C(=O)C1=CC=Cc1ccc(N(c2ccccc2)c2ccccc2)cc1. The molecule has 5 rings (SSSR count). The standard InChI is InChI=1S/C31H25N3O3/c35-30-28(29(31(36)37)32-34(30)27-16-8-3-9-17-27)18-10-11-23-19-21-26(22-20-23)33(24-12-4-1-5-13-24)25-14-6-2-7-15-25/h1-22,29,32H,(H,36,37). The number of allylic oxidation sites excluding steroid dienone is 2. The van der Waals surface area contributed by atoms with Crippen LogP contribution in [0.4, 0.5) is 22.7 Å². The molecule has 1 atom stereocenters. The van der Waals surface area contributed by atoms with Crippen LogP contribution in [0.1, 0.15) is 5.56 Å². The molecule has 2 N–H and O–H groups in total. The Kier molecular flexibility index (Phi) is 6.92. The number of amides is 1. The Labute approximate surface area is 215 Å². The molecule has 1 heterocycles. The van der Waals surface area contributed by atoms with Crippen molar-refractivity contribution < 1.29 is 14.7 Å². The van der Waals surface area contributed by atoms with E-state index < -0.39 is 12.0 Å². The number of hydrogen-bond acceptors (Lipinski definition) is 4. The lowest BCUT2D eigenvalue weighted by Crippen LogP contribution is -2.40. The number of nitrogens with one attached hydrogen (secondary N) is 1. The third-order valence-electron chi connectivity index (χ3n) is 6.03. The molecule has 6 heteroatoms. The third-order valence-corrected chi connectivity index (χ3v) is 6.03. The Balaban J connectivity index is 1.38. The lowest BCUT2D eigenvalue weighted by molar-refractivity contribution is -0.138. The summed E-state index contributed by atoms with van der Waals surface area (Å²) >= 11 is 0. The van der Waals surface area contributed by atoms with E-state index in [1.807, 2.05) is 72.8 Å². The highest BCUT2D eigenvalue weighted by Crippen LogP contribution is 2.34. The summed E-state index contributed by atoms with van der Waals surface area (Å²) in [6.07, 6.45) is 5.12. The number of benzene rings is 4. The smallest absolute Gasteiger partial charge is 0.327 e. The van der Waals surface area contributed by atoms with E-state index in [0.29, 0.717) is 5.69 Å². The van der Waals surface area contributed by atoms with Gasteiger partial charge in [-0.15, -0.1) is 0 Å². The molecule has 0 aromatic heterocycles. The van der Waals surface area contributed by atoms with Crippen LogP contribution in [-0.2, 0) is 9.59 Å². The van der Waals surface area contributed by atoms with E-state index >= 15 is 0 Å². The molecule has 1 aliphatic rings. The summed E-state index contributed by atoms with van der Waals surface area (Å²) in [7, 11) is 0. The minimum atomic E-state index is -1.12. The van der Waals surface area contributed by atoms with Crippen molar-refractivity contribution in [3.05, 3.63) is 139 Å². The van der Waals surface area contributed by atoms with Gasteiger partial charge in [0.2, 0.25) is 0 Å². The maximum absolute atomic E-state index is 12.9. The summed E-state index contributed by atoms with van der Waals surface area (Å²) in [6.45, 7) is 0. The van der Waals surface area contributed by atoms with E-state index in [1.165, 1.54) is 5.01 Å². The molecule has 182 valence electrons. The first-order valence-electron chi connectivity index (χ1n) is 11.9. The Bertz CT molecular complexity index is 1390. The molecule has 1 saturated heterocycles. The summed E-state index contributed by atoms with van der Waals surface area (Å²) < 4.78 is 0. The fourth-order valence-corrected chi connectivity index (χ4v) is 4.23. The normalized spacial score (nSPS) is 16.4. The molecule has 1 unspecified atom stereocenters. The number of carbonyl (C=O) groups is 2. The van der Waals surface area contributed by atoms with Gasteiger partial charge in [-0.3, -0.25) is 9.59 Å². The lowest BCUT2D eigenvalue weighted by Gasteiger charge is -2.25. The van der Waals surface area contributed by atoms with Crippen LogP contribution in [0.25, 0.3) is 6.08 Å². The zero-order valence-electron chi connectivity index (χ0n) is 19.9. The minimum Gasteiger partial charge on any atom is -0.480 e. The van der Waals surface area contributed by atoms with Crippen LogP contribution < -0.4 is 15.3 Å². The highest BCUT2D eigenvalue weighted by Gasteiger charge is 2.39. The van der Waals surface area contributed by atoms with Gasteiger partial charge in [0.1, 0.15) is 0 Å². The lowest BCUT2D eigenvalue weighted by atomic mass is 10.1. The number of rotatable bonds is 7. The zero-order valence-corrected chi connectivity index (χ0v) is 19.9. The van der Waals surface area contributed by atoms with Crippen LogP contribution in [-0.4, -0.2) is 23.0 Å². The number of anilines is 4. The number of carbonyl (C=O) groups excluding carboxylic acids is 1. The fourth-order valence-electron chi connectivity index (χ4n) is 4.23. The molecule has 0 radical (unpaired) electrons. The van der Waals surface area contributed by atoms with Gasteiger partial charge >= 0.3 is 5.97 Å². The van der Waals surface area contributed by atoms with Crippen molar-refractivity contribution in [1.29, 1.82) is 0 Å². The molecule has 0 bridgehead atoms. The quantitative estimate of drug-likeness (QED) is 0.308. The van der Waals surface area contributed by atoms with Crippen LogP contribution in [0.5, 0.6) is 0 Å². The Morgan fingerprint density at radius 1 is 0.757 bits per heavy atom. The average molecular weight is 488 g/mol. The molecule has 6 nitrogen and oxygen atoms in total. The monoisotopic (exact) mass is 487 g/mol. The van der Waals surface area contributed by atoms with E-state index in [0.717, 1.165) is 22.6 Å². The van der Waals surface area contributed by atoms with Crippen molar-refractivity contribution in [1.82, 2.24) is 5.43 Å². The summed E-state index contributed by atoms with van der Waals surface area (Å²) in [4.78, 5) is 26.9. The van der Waals surface area contributed by atoms with Gasteiger partial charge in [-0.25, -0.2) is 10.4 Å². The summed E-state index contributed by atoms with van der Waals surface area (Å²) in [5.74, 6) is -1.50. The fraction of sp³-hybridized carbons (Fsp3) is 0.0323. The van der Waals surface area contributed by atoms with Crippen LogP contribution >= 0.6 is 0 Å². The number of para-hydroxylation sites is 3. The molecule has 1 fully saturated rings. The number of carboxylic acids is 1. The van der Waals surface area contributed by atoms with Crippen molar-refractivity contribution in [2.24, 2.45) is 0 Å². The molecule has 4 aromatic carbocycles. The molecule has 0 spiro atoms. The Hall–Kier alpha value is -4.94. The van der Waals surface area contributed by atoms with Gasteiger partial charge in [0, 0.05) is 22.6 Å². The molecule has 0 aliphatic carbocycles. The van der Waals surface area contributed by atoms with Crippen molar-refractivity contribution in [3.63, 3.8) is 0 Å². The third kappa shape index (κ3) is 5.19. The molecule has 4 aromatic rings. The molecule has 1 aliphatic heterocycles. The largest absolute Gasteiger partial charge is 0.480 e. The van der Waals surface area contributed by atoms with Crippen LogP contribution in [0, 0.1) is 0 Å². The second kappa shape index (κ2) is 10.8. The van der Waals surface area contributed by atoms with Crippen molar-refractivity contribution >= 4 is 40.7 Å². The predicted octanol–water partition coefficient (Wildman–Crippen LogP) is 6.10. The van der Waals surface area contributed by atoms with Gasteiger partial charge < -0.3 is 10.0 Å². The highest BCUT2D eigenvalue weighted by atomic mass is 16.4. The summed E-state index contributed by atoms with van der Waals surface area (Å²) in [5.41, 5.74) is 7.57. The van der Waals surface area contributed by atoms with Crippen molar-refractivity contribution in [3.8, 4) is 0 Å². The minimum absolute atomic E-state index is 0.170. The van der Waals surface area contributed by atoms with Crippen LogP contribution in [0.2, 0.25) is 0 Å². The Morgan fingerprint density at radius 2 is 1.27 bits per heavy atom. The number of aliphatic carboxylic acids is 1. The van der Waals surface area contributed by atoms with Gasteiger partial charge in [-0.1, -0.05) is 85.0 Å². The van der Waals surface area contributed by atoms with Gasteiger partial charge in [-0.05, 0) is 54.1 Å².